The van der Waals surface area contributed by atoms with E-state index in [9.17, 15) is 4.79 Å². The molecule has 4 aliphatic carbocycles. The molecule has 2 heterocycles. The summed E-state index contributed by atoms with van der Waals surface area (Å²) in [6.45, 7) is 3.94. The fourth-order valence-electron chi connectivity index (χ4n) is 7.97. The second-order valence-electron chi connectivity index (χ2n) is 11.2. The zero-order chi connectivity index (χ0) is 21.9. The van der Waals surface area contributed by atoms with Crippen molar-refractivity contribution in [2.24, 2.45) is 17.8 Å². The van der Waals surface area contributed by atoms with Crippen LogP contribution in [0.2, 0.25) is 0 Å². The third kappa shape index (κ3) is 3.59. The topological polar surface area (TPSA) is 44.8 Å². The largest absolute Gasteiger partial charge is 0.439 e. The third-order valence-corrected chi connectivity index (χ3v) is 9.36. The highest BCUT2D eigenvalue weighted by Gasteiger charge is 2.51. The van der Waals surface area contributed by atoms with E-state index >= 15 is 0 Å². The van der Waals surface area contributed by atoms with E-state index in [2.05, 4.69) is 29.3 Å². The van der Waals surface area contributed by atoms with Crippen LogP contribution < -0.4 is 5.32 Å². The highest BCUT2D eigenvalue weighted by molar-refractivity contribution is 7.80. The van der Waals surface area contributed by atoms with Crippen LogP contribution in [-0.4, -0.2) is 51.7 Å². The van der Waals surface area contributed by atoms with Gasteiger partial charge in [-0.05, 0) is 93.8 Å². The number of ether oxygens (including phenoxy) is 1. The molecule has 2 saturated heterocycles. The number of piperidine rings is 1. The molecule has 6 fully saturated rings. The Labute approximate surface area is 196 Å². The van der Waals surface area contributed by atoms with E-state index in [1.807, 2.05) is 23.1 Å². The Morgan fingerprint density at radius 1 is 1.03 bits per heavy atom. The van der Waals surface area contributed by atoms with Crippen molar-refractivity contribution in [1.29, 1.82) is 0 Å². The number of likely N-dealkylation sites (tertiary alicyclic amines) is 1. The summed E-state index contributed by atoms with van der Waals surface area (Å²) in [7, 11) is 0. The smallest absolute Gasteiger partial charge is 0.411 e. The monoisotopic (exact) mass is 453 g/mol. The molecular formula is C26H35N3O2S. The number of amides is 1. The molecule has 6 heteroatoms. The third-order valence-electron chi connectivity index (χ3n) is 9.00. The van der Waals surface area contributed by atoms with Crippen LogP contribution >= 0.6 is 12.2 Å². The summed E-state index contributed by atoms with van der Waals surface area (Å²) in [5.41, 5.74) is 1.34. The zero-order valence-corrected chi connectivity index (χ0v) is 19.9. The molecule has 5 nitrogen and oxygen atoms in total. The van der Waals surface area contributed by atoms with E-state index in [1.54, 1.807) is 0 Å². The number of nitrogens with zero attached hydrogens (tertiary/aromatic N) is 2. The molecule has 4 bridgehead atoms. The van der Waals surface area contributed by atoms with Gasteiger partial charge < -0.3 is 15.0 Å². The van der Waals surface area contributed by atoms with Gasteiger partial charge in [0.05, 0.1) is 6.04 Å². The van der Waals surface area contributed by atoms with Crippen LogP contribution in [-0.2, 0) is 4.74 Å². The van der Waals surface area contributed by atoms with Crippen molar-refractivity contribution >= 4 is 23.4 Å². The van der Waals surface area contributed by atoms with Crippen LogP contribution in [0.25, 0.3) is 0 Å². The van der Waals surface area contributed by atoms with Crippen molar-refractivity contribution in [1.82, 2.24) is 15.1 Å². The van der Waals surface area contributed by atoms with E-state index in [0.29, 0.717) is 0 Å². The highest BCUT2D eigenvalue weighted by Crippen LogP contribution is 2.55. The summed E-state index contributed by atoms with van der Waals surface area (Å²) in [5.74, 6) is 2.76. The molecule has 0 radical (unpaired) electrons. The summed E-state index contributed by atoms with van der Waals surface area (Å²) < 4.78 is 5.79. The first-order valence-corrected chi connectivity index (χ1v) is 13.0. The quantitative estimate of drug-likeness (QED) is 0.661. The lowest BCUT2D eigenvalue weighted by Gasteiger charge is -2.57. The summed E-state index contributed by atoms with van der Waals surface area (Å²) in [6.07, 6.45) is 9.84. The second-order valence-corrected chi connectivity index (χ2v) is 11.6. The first-order valence-electron chi connectivity index (χ1n) is 12.6. The average Bonchev–Trinajstić information content (AvgIpc) is 3.07. The molecule has 7 rings (SSSR count). The minimum atomic E-state index is -0.180. The van der Waals surface area contributed by atoms with Crippen molar-refractivity contribution < 1.29 is 9.53 Å². The summed E-state index contributed by atoms with van der Waals surface area (Å²) in [4.78, 5) is 17.1. The fraction of sp³-hybridized carbons (Fsp3) is 0.692. The van der Waals surface area contributed by atoms with Gasteiger partial charge >= 0.3 is 6.09 Å². The van der Waals surface area contributed by atoms with E-state index in [4.69, 9.17) is 17.0 Å². The van der Waals surface area contributed by atoms with Gasteiger partial charge in [-0.25, -0.2) is 4.79 Å². The normalized spacial score (nSPS) is 38.8. The van der Waals surface area contributed by atoms with Crippen LogP contribution in [0.15, 0.2) is 30.3 Å². The Bertz CT molecular complexity index is 847. The Hall–Kier alpha value is -1.82. The Morgan fingerprint density at radius 2 is 1.62 bits per heavy atom. The van der Waals surface area contributed by atoms with Gasteiger partial charge in [0.15, 0.2) is 5.11 Å². The molecule has 1 amide bonds. The molecule has 1 aromatic carbocycles. The minimum Gasteiger partial charge on any atom is -0.439 e. The van der Waals surface area contributed by atoms with Gasteiger partial charge in [-0.2, -0.15) is 0 Å². The maximum Gasteiger partial charge on any atom is 0.411 e. The van der Waals surface area contributed by atoms with E-state index in [0.717, 1.165) is 54.4 Å². The predicted molar refractivity (Wildman–Crippen MR) is 128 cm³/mol. The maximum absolute atomic E-state index is 12.8. The lowest BCUT2D eigenvalue weighted by molar-refractivity contribution is -0.0115. The molecule has 32 heavy (non-hydrogen) atoms. The molecule has 0 aromatic heterocycles. The lowest BCUT2D eigenvalue weighted by Crippen LogP contribution is -2.62. The predicted octanol–water partition coefficient (Wildman–Crippen LogP) is 4.88. The molecule has 2 unspecified atom stereocenters. The number of cyclic esters (lactones) is 1. The first kappa shape index (κ1) is 20.8. The zero-order valence-electron chi connectivity index (χ0n) is 19.0. The van der Waals surface area contributed by atoms with Crippen LogP contribution in [0.1, 0.15) is 70.0 Å². The number of carbonyl (C=O) groups is 1. The number of carbonyl (C=O) groups excluding carboxylic acids is 1. The number of rotatable bonds is 3. The molecule has 2 atom stereocenters. The van der Waals surface area contributed by atoms with Gasteiger partial charge in [0.2, 0.25) is 0 Å². The number of benzene rings is 1. The maximum atomic E-state index is 12.8. The number of hydrogen-bond acceptors (Lipinski definition) is 3. The standard InChI is InChI=1S/C26H35N3O2S/c1-17-23(21-5-3-2-4-6-21)31-25(30)29(17)22-7-9-28(10-8-22)24(32)27-26-14-18-11-19(15-26)13-20(12-18)16-26/h2-6,17-20,22-23H,7-16H2,1H3,(H,27,32). The van der Waals surface area contributed by atoms with Gasteiger partial charge in [0.1, 0.15) is 6.10 Å². The molecule has 2 aliphatic heterocycles. The number of hydrogen-bond donors (Lipinski definition) is 1. The Kier molecular flexibility index (Phi) is 5.12. The summed E-state index contributed by atoms with van der Waals surface area (Å²) in [6, 6.07) is 10.4. The average molecular weight is 454 g/mol. The van der Waals surface area contributed by atoms with Crippen molar-refractivity contribution in [2.75, 3.05) is 13.1 Å². The Balaban J connectivity index is 1.06. The van der Waals surface area contributed by atoms with E-state index in [-0.39, 0.29) is 29.8 Å². The molecule has 172 valence electrons. The fourth-order valence-corrected chi connectivity index (χ4v) is 8.37. The Morgan fingerprint density at radius 3 is 2.22 bits per heavy atom. The van der Waals surface area contributed by atoms with Gasteiger partial charge in [-0.1, -0.05) is 30.3 Å². The van der Waals surface area contributed by atoms with E-state index < -0.39 is 0 Å². The minimum absolute atomic E-state index is 0.0542. The molecule has 0 spiro atoms. The van der Waals surface area contributed by atoms with Crippen LogP contribution in [0, 0.1) is 17.8 Å². The van der Waals surface area contributed by atoms with E-state index in [1.165, 1.54) is 38.5 Å². The molecule has 4 saturated carbocycles. The second kappa shape index (κ2) is 7.89. The van der Waals surface area contributed by atoms with Crippen molar-refractivity contribution in [2.45, 2.75) is 82.0 Å². The molecule has 6 aliphatic rings. The molecule has 1 N–H and O–H groups in total. The summed E-state index contributed by atoms with van der Waals surface area (Å²) in [5, 5.41) is 4.83. The van der Waals surface area contributed by atoms with Crippen LogP contribution in [0.4, 0.5) is 4.79 Å². The number of thiocarbonyl (C=S) groups is 1. The SMILES string of the molecule is CC1C(c2ccccc2)OC(=O)N1C1CCN(C(=S)NC23CC4CC(CC(C4)C2)C3)CC1. The van der Waals surface area contributed by atoms with Crippen LogP contribution in [0.5, 0.6) is 0 Å². The van der Waals surface area contributed by atoms with Gasteiger partial charge in [-0.15, -0.1) is 0 Å². The molecular weight excluding hydrogens is 418 g/mol. The lowest BCUT2D eigenvalue weighted by atomic mass is 9.53. The molecule has 1 aromatic rings. The van der Waals surface area contributed by atoms with Gasteiger partial charge in [0.25, 0.3) is 0 Å². The van der Waals surface area contributed by atoms with Gasteiger partial charge in [-0.3, -0.25) is 4.90 Å². The highest BCUT2D eigenvalue weighted by atomic mass is 32.1. The van der Waals surface area contributed by atoms with Crippen molar-refractivity contribution in [3.63, 3.8) is 0 Å². The van der Waals surface area contributed by atoms with Crippen LogP contribution in [0.3, 0.4) is 0 Å². The first-order chi connectivity index (χ1) is 15.5. The van der Waals surface area contributed by atoms with Crippen molar-refractivity contribution in [3.8, 4) is 0 Å². The van der Waals surface area contributed by atoms with Gasteiger partial charge in [0, 0.05) is 24.7 Å². The number of nitrogens with one attached hydrogen (secondary N) is 1. The van der Waals surface area contributed by atoms with Crippen molar-refractivity contribution in [3.05, 3.63) is 35.9 Å². The summed E-state index contributed by atoms with van der Waals surface area (Å²) >= 11 is 5.92.